The standard InChI is InChI=1S/C19H18N6O2/c1-13-10-17-20-11-16(19(27)25(17)22-13)18(26)23(2)12-14-4-6-15(7-5-14)24-9-3-8-21-24/h3-11,22H,12H2,1-2H3. The highest BCUT2D eigenvalue weighted by molar-refractivity contribution is 5.93. The summed E-state index contributed by atoms with van der Waals surface area (Å²) in [5, 5.41) is 7.08. The highest BCUT2D eigenvalue weighted by Gasteiger charge is 2.18. The average molecular weight is 362 g/mol. The Balaban J connectivity index is 1.54. The van der Waals surface area contributed by atoms with Crippen molar-refractivity contribution in [3.8, 4) is 5.69 Å². The fourth-order valence-electron chi connectivity index (χ4n) is 2.95. The van der Waals surface area contributed by atoms with Crippen LogP contribution in [0.15, 0.2) is 59.8 Å². The van der Waals surface area contributed by atoms with Crippen LogP contribution in [0.4, 0.5) is 0 Å². The third-order valence-corrected chi connectivity index (χ3v) is 4.32. The lowest BCUT2D eigenvalue weighted by molar-refractivity contribution is 0.0782. The fourth-order valence-corrected chi connectivity index (χ4v) is 2.95. The minimum atomic E-state index is -0.404. The molecular weight excluding hydrogens is 344 g/mol. The summed E-state index contributed by atoms with van der Waals surface area (Å²) in [6.07, 6.45) is 4.92. The van der Waals surface area contributed by atoms with Crippen LogP contribution >= 0.6 is 0 Å². The van der Waals surface area contributed by atoms with Crippen LogP contribution in [0.2, 0.25) is 0 Å². The normalized spacial score (nSPS) is 11.0. The first-order chi connectivity index (χ1) is 13.0. The minimum Gasteiger partial charge on any atom is -0.337 e. The van der Waals surface area contributed by atoms with E-state index in [1.807, 2.05) is 43.5 Å². The molecule has 0 saturated heterocycles. The molecule has 1 amide bonds. The minimum absolute atomic E-state index is 0.0324. The van der Waals surface area contributed by atoms with Crippen LogP contribution < -0.4 is 5.56 Å². The van der Waals surface area contributed by atoms with Crippen LogP contribution in [0.25, 0.3) is 11.3 Å². The second-order valence-corrected chi connectivity index (χ2v) is 6.39. The first-order valence-electron chi connectivity index (χ1n) is 8.45. The number of nitrogens with zero attached hydrogens (tertiary/aromatic N) is 5. The molecule has 0 spiro atoms. The van der Waals surface area contributed by atoms with E-state index in [-0.39, 0.29) is 11.5 Å². The average Bonchev–Trinajstić information content (AvgIpc) is 3.32. The molecule has 0 radical (unpaired) electrons. The number of carbonyl (C=O) groups is 1. The molecule has 0 aliphatic rings. The molecule has 136 valence electrons. The summed E-state index contributed by atoms with van der Waals surface area (Å²) >= 11 is 0. The van der Waals surface area contributed by atoms with Crippen molar-refractivity contribution in [3.05, 3.63) is 82.2 Å². The number of benzene rings is 1. The van der Waals surface area contributed by atoms with Gasteiger partial charge in [-0.2, -0.15) is 5.10 Å². The van der Waals surface area contributed by atoms with E-state index in [2.05, 4.69) is 15.2 Å². The van der Waals surface area contributed by atoms with Gasteiger partial charge in [0.1, 0.15) is 5.56 Å². The number of hydrogen-bond acceptors (Lipinski definition) is 4. The molecule has 0 unspecified atom stereocenters. The van der Waals surface area contributed by atoms with E-state index in [0.29, 0.717) is 12.2 Å². The molecule has 0 aliphatic heterocycles. The van der Waals surface area contributed by atoms with E-state index < -0.39 is 5.56 Å². The number of nitrogens with one attached hydrogen (secondary N) is 1. The van der Waals surface area contributed by atoms with Crippen molar-refractivity contribution >= 4 is 11.6 Å². The first-order valence-corrected chi connectivity index (χ1v) is 8.45. The van der Waals surface area contributed by atoms with Crippen molar-refractivity contribution < 1.29 is 4.79 Å². The SMILES string of the molecule is Cc1cc2ncc(C(=O)N(C)Cc3ccc(-n4cccn4)cc3)c(=O)n2[nH]1. The molecule has 0 bridgehead atoms. The summed E-state index contributed by atoms with van der Waals surface area (Å²) in [6, 6.07) is 11.3. The predicted octanol–water partition coefficient (Wildman–Crippen LogP) is 1.79. The number of fused-ring (bicyclic) bond motifs is 1. The Morgan fingerprint density at radius 1 is 1.26 bits per heavy atom. The maximum absolute atomic E-state index is 12.7. The van der Waals surface area contributed by atoms with Crippen molar-refractivity contribution in [3.63, 3.8) is 0 Å². The largest absolute Gasteiger partial charge is 0.337 e. The van der Waals surface area contributed by atoms with Crippen LogP contribution in [0.3, 0.4) is 0 Å². The summed E-state index contributed by atoms with van der Waals surface area (Å²) in [4.78, 5) is 31.0. The number of aromatic amines is 1. The molecule has 3 aromatic heterocycles. The molecule has 0 fully saturated rings. The molecular formula is C19H18N6O2. The lowest BCUT2D eigenvalue weighted by Gasteiger charge is -2.17. The number of H-pyrrole nitrogens is 1. The van der Waals surface area contributed by atoms with Crippen LogP contribution in [-0.2, 0) is 6.54 Å². The third-order valence-electron chi connectivity index (χ3n) is 4.32. The molecule has 27 heavy (non-hydrogen) atoms. The van der Waals surface area contributed by atoms with Crippen molar-refractivity contribution in [2.45, 2.75) is 13.5 Å². The van der Waals surface area contributed by atoms with E-state index in [1.54, 1.807) is 24.0 Å². The molecule has 8 nitrogen and oxygen atoms in total. The lowest BCUT2D eigenvalue weighted by Crippen LogP contribution is -2.33. The van der Waals surface area contributed by atoms with E-state index in [1.165, 1.54) is 15.6 Å². The van der Waals surface area contributed by atoms with Gasteiger partial charge in [0, 0.05) is 43.9 Å². The van der Waals surface area contributed by atoms with Crippen molar-refractivity contribution in [1.82, 2.24) is 29.3 Å². The zero-order chi connectivity index (χ0) is 19.0. The summed E-state index contributed by atoms with van der Waals surface area (Å²) in [7, 11) is 1.66. The van der Waals surface area contributed by atoms with Gasteiger partial charge in [-0.05, 0) is 30.7 Å². The maximum Gasteiger partial charge on any atom is 0.285 e. The Hall–Kier alpha value is -3.68. The summed E-state index contributed by atoms with van der Waals surface area (Å²) in [6.45, 7) is 2.21. The molecule has 0 saturated carbocycles. The lowest BCUT2D eigenvalue weighted by atomic mass is 10.2. The summed E-state index contributed by atoms with van der Waals surface area (Å²) < 4.78 is 3.05. The molecule has 1 N–H and O–H groups in total. The topological polar surface area (TPSA) is 88.3 Å². The summed E-state index contributed by atoms with van der Waals surface area (Å²) in [5.74, 6) is -0.370. The second kappa shape index (κ2) is 6.56. The van der Waals surface area contributed by atoms with Crippen molar-refractivity contribution in [2.75, 3.05) is 7.05 Å². The van der Waals surface area contributed by atoms with Gasteiger partial charge in [-0.25, -0.2) is 14.2 Å². The smallest absolute Gasteiger partial charge is 0.285 e. The Morgan fingerprint density at radius 2 is 2.04 bits per heavy atom. The van der Waals surface area contributed by atoms with Crippen LogP contribution in [-0.4, -0.2) is 42.2 Å². The van der Waals surface area contributed by atoms with E-state index in [4.69, 9.17) is 0 Å². The maximum atomic E-state index is 12.7. The number of aryl methyl sites for hydroxylation is 1. The Labute approximate surface area is 154 Å². The van der Waals surface area contributed by atoms with E-state index >= 15 is 0 Å². The van der Waals surface area contributed by atoms with Crippen LogP contribution in [0.5, 0.6) is 0 Å². The zero-order valence-electron chi connectivity index (χ0n) is 15.0. The molecule has 4 rings (SSSR count). The second-order valence-electron chi connectivity index (χ2n) is 6.39. The number of hydrogen-bond donors (Lipinski definition) is 1. The van der Waals surface area contributed by atoms with Gasteiger partial charge >= 0.3 is 0 Å². The molecule has 1 aromatic carbocycles. The molecule has 0 aliphatic carbocycles. The van der Waals surface area contributed by atoms with E-state index in [9.17, 15) is 9.59 Å². The number of rotatable bonds is 4. The van der Waals surface area contributed by atoms with Crippen LogP contribution in [0.1, 0.15) is 21.6 Å². The molecule has 4 aromatic rings. The molecule has 3 heterocycles. The molecule has 0 atom stereocenters. The van der Waals surface area contributed by atoms with Gasteiger partial charge in [-0.15, -0.1) is 0 Å². The fraction of sp³-hybridized carbons (Fsp3) is 0.158. The van der Waals surface area contributed by atoms with Crippen molar-refractivity contribution in [2.24, 2.45) is 0 Å². The van der Waals surface area contributed by atoms with E-state index in [0.717, 1.165) is 16.9 Å². The van der Waals surface area contributed by atoms with Gasteiger partial charge in [-0.3, -0.25) is 14.7 Å². The monoisotopic (exact) mass is 362 g/mol. The Bertz CT molecular complexity index is 1160. The quantitative estimate of drug-likeness (QED) is 0.599. The van der Waals surface area contributed by atoms with Gasteiger partial charge < -0.3 is 4.90 Å². The number of aromatic nitrogens is 5. The third kappa shape index (κ3) is 3.12. The van der Waals surface area contributed by atoms with Gasteiger partial charge in [0.05, 0.1) is 5.69 Å². The van der Waals surface area contributed by atoms with Gasteiger partial charge in [-0.1, -0.05) is 12.1 Å². The number of carbonyl (C=O) groups excluding carboxylic acids is 1. The highest BCUT2D eigenvalue weighted by atomic mass is 16.2. The van der Waals surface area contributed by atoms with Crippen molar-refractivity contribution in [1.29, 1.82) is 0 Å². The van der Waals surface area contributed by atoms with Gasteiger partial charge in [0.25, 0.3) is 11.5 Å². The molecule has 8 heteroatoms. The highest BCUT2D eigenvalue weighted by Crippen LogP contribution is 2.11. The van der Waals surface area contributed by atoms with Gasteiger partial charge in [0.2, 0.25) is 0 Å². The predicted molar refractivity (Wildman–Crippen MR) is 99.9 cm³/mol. The van der Waals surface area contributed by atoms with Gasteiger partial charge in [0.15, 0.2) is 5.65 Å². The zero-order valence-corrected chi connectivity index (χ0v) is 15.0. The number of amides is 1. The summed E-state index contributed by atoms with van der Waals surface area (Å²) in [5.41, 5.74) is 2.81. The van der Waals surface area contributed by atoms with Crippen LogP contribution in [0, 0.1) is 6.92 Å². The first kappa shape index (κ1) is 16.8. The Kier molecular flexibility index (Phi) is 4.08. The Morgan fingerprint density at radius 3 is 2.74 bits per heavy atom.